The topological polar surface area (TPSA) is 112 Å². The number of carbonyl (C=O) groups excluding carboxylic acids is 2. The fraction of sp³-hybridized carbons (Fsp3) is 0.100. The summed E-state index contributed by atoms with van der Waals surface area (Å²) in [5.41, 5.74) is 3.79. The first-order chi connectivity index (χ1) is 14.4. The molecule has 2 N–H and O–H groups in total. The lowest BCUT2D eigenvalue weighted by Gasteiger charge is -2.12. The van der Waals surface area contributed by atoms with Gasteiger partial charge in [0.15, 0.2) is 17.2 Å². The molecule has 0 atom stereocenters. The third kappa shape index (κ3) is 3.58. The van der Waals surface area contributed by atoms with Crippen LogP contribution in [0.2, 0.25) is 0 Å². The molecule has 3 aromatic rings. The van der Waals surface area contributed by atoms with Crippen LogP contribution in [-0.2, 0) is 0 Å². The Morgan fingerprint density at radius 2 is 1.77 bits per heavy atom. The first-order valence-corrected chi connectivity index (χ1v) is 8.80. The van der Waals surface area contributed by atoms with E-state index in [1.54, 1.807) is 19.1 Å². The van der Waals surface area contributed by atoms with Crippen molar-refractivity contribution >= 4 is 11.8 Å². The molecule has 10 heteroatoms. The Balaban J connectivity index is 1.53. The number of amides is 2. The minimum atomic E-state index is -0.945. The lowest BCUT2D eigenvalue weighted by atomic mass is 10.2. The zero-order valence-corrected chi connectivity index (χ0v) is 15.6. The fourth-order valence-corrected chi connectivity index (χ4v) is 2.85. The average Bonchev–Trinajstić information content (AvgIpc) is 3.20. The van der Waals surface area contributed by atoms with Gasteiger partial charge in [0.05, 0.1) is 0 Å². The quantitative estimate of drug-likeness (QED) is 0.633. The van der Waals surface area contributed by atoms with Gasteiger partial charge in [-0.3, -0.25) is 25.2 Å². The van der Waals surface area contributed by atoms with Crippen LogP contribution in [0.4, 0.5) is 4.39 Å². The first-order valence-electron chi connectivity index (χ1n) is 8.80. The Morgan fingerprint density at radius 1 is 1.03 bits per heavy atom. The SMILES string of the molecule is Cc1cc(=O)c(C(=O)NNC(=O)c2ccc3c(c2)OCO3)nn1-c1ccccc1F. The number of fused-ring (bicyclic) bond motifs is 1. The maximum absolute atomic E-state index is 14.1. The van der Waals surface area contributed by atoms with Gasteiger partial charge in [-0.2, -0.15) is 5.10 Å². The van der Waals surface area contributed by atoms with Crippen LogP contribution < -0.4 is 25.8 Å². The second-order valence-corrected chi connectivity index (χ2v) is 6.34. The van der Waals surface area contributed by atoms with Gasteiger partial charge in [0.25, 0.3) is 11.8 Å². The van der Waals surface area contributed by atoms with E-state index in [1.807, 2.05) is 0 Å². The van der Waals surface area contributed by atoms with Crippen LogP contribution in [0.3, 0.4) is 0 Å². The van der Waals surface area contributed by atoms with E-state index in [4.69, 9.17) is 9.47 Å². The van der Waals surface area contributed by atoms with Gasteiger partial charge in [-0.25, -0.2) is 9.07 Å². The molecule has 0 spiro atoms. The summed E-state index contributed by atoms with van der Waals surface area (Å²) in [6.07, 6.45) is 0. The zero-order valence-electron chi connectivity index (χ0n) is 15.6. The number of hydrogen-bond donors (Lipinski definition) is 2. The number of aromatic nitrogens is 2. The normalized spacial score (nSPS) is 11.8. The largest absolute Gasteiger partial charge is 0.454 e. The Morgan fingerprint density at radius 3 is 2.57 bits per heavy atom. The highest BCUT2D eigenvalue weighted by Gasteiger charge is 2.19. The van der Waals surface area contributed by atoms with Gasteiger partial charge in [0.1, 0.15) is 11.5 Å². The number of halogens is 1. The molecule has 0 saturated heterocycles. The standard InChI is InChI=1S/C20H15FN4O5/c1-11-8-15(26)18(24-25(11)14-5-3-2-4-13(14)21)20(28)23-22-19(27)12-6-7-16-17(9-12)30-10-29-16/h2-9H,10H2,1H3,(H,22,27)(H,23,28). The molecule has 0 fully saturated rings. The Kier molecular flexibility index (Phi) is 4.88. The van der Waals surface area contributed by atoms with Crippen molar-refractivity contribution in [2.45, 2.75) is 6.92 Å². The van der Waals surface area contributed by atoms with E-state index in [0.29, 0.717) is 17.2 Å². The summed E-state index contributed by atoms with van der Waals surface area (Å²) in [7, 11) is 0. The van der Waals surface area contributed by atoms with Gasteiger partial charge in [-0.05, 0) is 37.3 Å². The monoisotopic (exact) mass is 410 g/mol. The highest BCUT2D eigenvalue weighted by Crippen LogP contribution is 2.32. The minimum Gasteiger partial charge on any atom is -0.454 e. The molecular formula is C20H15FN4O5. The van der Waals surface area contributed by atoms with E-state index < -0.39 is 28.8 Å². The molecule has 0 unspecified atom stereocenters. The second kappa shape index (κ2) is 7.66. The molecule has 0 saturated carbocycles. The molecule has 1 aromatic heterocycles. The van der Waals surface area contributed by atoms with Crippen molar-refractivity contribution in [3.63, 3.8) is 0 Å². The van der Waals surface area contributed by atoms with E-state index in [0.717, 1.165) is 10.7 Å². The molecule has 0 aliphatic carbocycles. The second-order valence-electron chi connectivity index (χ2n) is 6.34. The molecule has 1 aliphatic heterocycles. The van der Waals surface area contributed by atoms with E-state index in [2.05, 4.69) is 16.0 Å². The predicted molar refractivity (Wildman–Crippen MR) is 102 cm³/mol. The van der Waals surface area contributed by atoms with Crippen LogP contribution in [0.15, 0.2) is 53.3 Å². The lowest BCUT2D eigenvalue weighted by Crippen LogP contribution is -2.44. The summed E-state index contributed by atoms with van der Waals surface area (Å²) >= 11 is 0. The molecular weight excluding hydrogens is 395 g/mol. The fourth-order valence-electron chi connectivity index (χ4n) is 2.85. The van der Waals surface area contributed by atoms with E-state index in [-0.39, 0.29) is 18.0 Å². The molecule has 2 heterocycles. The molecule has 4 rings (SSSR count). The Labute approximate surface area is 169 Å². The Hall–Kier alpha value is -4.21. The third-order valence-electron chi connectivity index (χ3n) is 4.33. The number of nitrogens with one attached hydrogen (secondary N) is 2. The minimum absolute atomic E-state index is 0.0600. The number of nitrogens with zero attached hydrogens (tertiary/aromatic N) is 2. The highest BCUT2D eigenvalue weighted by molar-refractivity contribution is 5.98. The van der Waals surface area contributed by atoms with Crippen molar-refractivity contribution in [2.75, 3.05) is 6.79 Å². The van der Waals surface area contributed by atoms with E-state index in [1.165, 1.54) is 30.3 Å². The number of rotatable bonds is 3. The van der Waals surface area contributed by atoms with E-state index in [9.17, 15) is 18.8 Å². The molecule has 152 valence electrons. The average molecular weight is 410 g/mol. The van der Waals surface area contributed by atoms with Crippen LogP contribution >= 0.6 is 0 Å². The van der Waals surface area contributed by atoms with Gasteiger partial charge in [-0.1, -0.05) is 12.1 Å². The van der Waals surface area contributed by atoms with Crippen LogP contribution in [0, 0.1) is 12.7 Å². The number of para-hydroxylation sites is 1. The van der Waals surface area contributed by atoms with Crippen LogP contribution in [0.5, 0.6) is 11.5 Å². The smallest absolute Gasteiger partial charge is 0.294 e. The van der Waals surface area contributed by atoms with Crippen LogP contribution in [0.25, 0.3) is 5.69 Å². The molecule has 0 bridgehead atoms. The number of benzene rings is 2. The van der Waals surface area contributed by atoms with Gasteiger partial charge >= 0.3 is 0 Å². The number of ether oxygens (including phenoxy) is 2. The van der Waals surface area contributed by atoms with Crippen molar-refractivity contribution < 1.29 is 23.5 Å². The van der Waals surface area contributed by atoms with Crippen molar-refractivity contribution in [2.24, 2.45) is 0 Å². The maximum atomic E-state index is 14.1. The van der Waals surface area contributed by atoms with Crippen molar-refractivity contribution in [3.8, 4) is 17.2 Å². The highest BCUT2D eigenvalue weighted by atomic mass is 19.1. The van der Waals surface area contributed by atoms with Crippen molar-refractivity contribution in [1.29, 1.82) is 0 Å². The first kappa shape index (κ1) is 19.1. The van der Waals surface area contributed by atoms with Gasteiger partial charge < -0.3 is 9.47 Å². The molecule has 1 aliphatic rings. The molecule has 2 amide bonds. The molecule has 30 heavy (non-hydrogen) atoms. The zero-order chi connectivity index (χ0) is 21.3. The summed E-state index contributed by atoms with van der Waals surface area (Å²) in [5.74, 6) is -1.24. The summed E-state index contributed by atoms with van der Waals surface area (Å²) in [6, 6.07) is 11.5. The van der Waals surface area contributed by atoms with Crippen molar-refractivity contribution in [3.05, 3.63) is 81.5 Å². The molecule has 2 aromatic carbocycles. The number of hydrogen-bond acceptors (Lipinski definition) is 6. The van der Waals surface area contributed by atoms with Gasteiger partial charge in [-0.15, -0.1) is 0 Å². The summed E-state index contributed by atoms with van der Waals surface area (Å²) in [6.45, 7) is 1.62. The number of carbonyl (C=O) groups is 2. The van der Waals surface area contributed by atoms with Crippen LogP contribution in [-0.4, -0.2) is 28.4 Å². The lowest BCUT2D eigenvalue weighted by molar-refractivity contribution is 0.0842. The molecule has 9 nitrogen and oxygen atoms in total. The maximum Gasteiger partial charge on any atom is 0.294 e. The Bertz CT molecular complexity index is 1220. The third-order valence-corrected chi connectivity index (χ3v) is 4.33. The van der Waals surface area contributed by atoms with Crippen LogP contribution in [0.1, 0.15) is 26.5 Å². The number of hydrazine groups is 1. The summed E-state index contributed by atoms with van der Waals surface area (Å²) < 4.78 is 25.6. The summed E-state index contributed by atoms with van der Waals surface area (Å²) in [4.78, 5) is 36.9. The van der Waals surface area contributed by atoms with Crippen molar-refractivity contribution in [1.82, 2.24) is 20.6 Å². The van der Waals surface area contributed by atoms with Gasteiger partial charge in [0.2, 0.25) is 12.2 Å². The summed E-state index contributed by atoms with van der Waals surface area (Å²) in [5, 5.41) is 3.97. The predicted octanol–water partition coefficient (Wildman–Crippen LogP) is 1.48. The van der Waals surface area contributed by atoms with E-state index >= 15 is 0 Å². The molecule has 0 radical (unpaired) electrons. The number of aryl methyl sites for hydroxylation is 1. The van der Waals surface area contributed by atoms with Gasteiger partial charge in [0, 0.05) is 17.3 Å².